The van der Waals surface area contributed by atoms with E-state index in [1.54, 1.807) is 9.16 Å². The Kier molecular flexibility index (Phi) is 8.81. The molecule has 0 aliphatic heterocycles. The van der Waals surface area contributed by atoms with Crippen LogP contribution in [0, 0.1) is 0 Å². The van der Waals surface area contributed by atoms with Gasteiger partial charge in [-0.3, -0.25) is 0 Å². The Bertz CT molecular complexity index is 287. The van der Waals surface area contributed by atoms with E-state index in [9.17, 15) is 5.11 Å². The van der Waals surface area contributed by atoms with Gasteiger partial charge in [-0.05, 0) is 0 Å². The van der Waals surface area contributed by atoms with Crippen LogP contribution in [-0.4, -0.2) is 29.6 Å². The maximum absolute atomic E-state index is 10.6. The first-order chi connectivity index (χ1) is 9.61. The second-order valence-electron chi connectivity index (χ2n) is 6.84. The molecule has 0 aromatic heterocycles. The summed E-state index contributed by atoms with van der Waals surface area (Å²) in [6, 6.07) is 0. The van der Waals surface area contributed by atoms with Gasteiger partial charge in [-0.25, -0.2) is 0 Å². The predicted molar refractivity (Wildman–Crippen MR) is 92.8 cm³/mol. The Balaban J connectivity index is 3.02. The van der Waals surface area contributed by atoms with Crippen molar-refractivity contribution in [3.8, 4) is 0 Å². The van der Waals surface area contributed by atoms with Crippen LogP contribution in [0.15, 0.2) is 9.16 Å². The van der Waals surface area contributed by atoms with Crippen molar-refractivity contribution < 1.29 is 5.11 Å². The summed E-state index contributed by atoms with van der Waals surface area (Å²) in [5, 5.41) is 10.6. The van der Waals surface area contributed by atoms with Crippen LogP contribution in [0.4, 0.5) is 0 Å². The summed E-state index contributed by atoms with van der Waals surface area (Å²) in [7, 11) is 0. The molecule has 2 heteroatoms. The minimum atomic E-state index is -2.31. The number of aliphatic hydroxyl groups is 1. The van der Waals surface area contributed by atoms with Gasteiger partial charge < -0.3 is 0 Å². The maximum atomic E-state index is 10.6. The summed E-state index contributed by atoms with van der Waals surface area (Å²) in [6.07, 6.45) is 10.3. The number of hydrogen-bond donors (Lipinski definition) is 1. The van der Waals surface area contributed by atoms with Crippen LogP contribution in [0.5, 0.6) is 0 Å². The van der Waals surface area contributed by atoms with Crippen molar-refractivity contribution in [2.24, 2.45) is 0 Å². The van der Waals surface area contributed by atoms with E-state index in [4.69, 9.17) is 0 Å². The summed E-state index contributed by atoms with van der Waals surface area (Å²) >= 11 is -2.31. The van der Waals surface area contributed by atoms with E-state index in [0.717, 1.165) is 6.42 Å². The Hall–Kier alpha value is 0.499. The third-order valence-corrected chi connectivity index (χ3v) is 21.8. The zero-order valence-electron chi connectivity index (χ0n) is 14.3. The zero-order chi connectivity index (χ0) is 15.0. The molecule has 1 N–H and O–H groups in total. The summed E-state index contributed by atoms with van der Waals surface area (Å²) in [4.78, 5) is 0. The molecule has 0 saturated heterocycles. The number of rotatable bonds is 10. The van der Waals surface area contributed by atoms with Crippen molar-refractivity contribution in [2.75, 3.05) is 0 Å². The predicted octanol–water partition coefficient (Wildman–Crippen LogP) is 5.85. The molecule has 118 valence electrons. The van der Waals surface area contributed by atoms with Crippen LogP contribution in [-0.2, 0) is 0 Å². The molecule has 1 nitrogen and oxygen atoms in total. The van der Waals surface area contributed by atoms with Crippen molar-refractivity contribution in [3.63, 3.8) is 0 Å². The second-order valence-corrected chi connectivity index (χ2v) is 20.0. The van der Waals surface area contributed by atoms with Gasteiger partial charge in [0.05, 0.1) is 0 Å². The number of hydrogen-bond acceptors (Lipinski definition) is 1. The average Bonchev–Trinajstić information content (AvgIpc) is 2.79. The van der Waals surface area contributed by atoms with Crippen molar-refractivity contribution in [2.45, 2.75) is 98.5 Å². The van der Waals surface area contributed by atoms with Crippen LogP contribution in [0.25, 0.3) is 0 Å². The Labute approximate surface area is 131 Å². The zero-order valence-corrected chi connectivity index (χ0v) is 17.2. The molecule has 1 aliphatic rings. The average molecular weight is 387 g/mol. The molecule has 1 atom stereocenters. The standard InChI is InChI=1S/C6H9O.3C4H9.Sn/c1-5-2-3-6(7)4-5;3*1-3-4-2;/h6-7H,2-3H2,1H3;3*1,3-4H2,2H3;. The Morgan fingerprint density at radius 3 is 1.70 bits per heavy atom. The van der Waals surface area contributed by atoms with Crippen molar-refractivity contribution >= 4 is 18.4 Å². The fourth-order valence-corrected chi connectivity index (χ4v) is 22.7. The molecule has 0 fully saturated rings. The molecule has 0 spiro atoms. The van der Waals surface area contributed by atoms with E-state index in [2.05, 4.69) is 27.7 Å². The molecule has 0 radical (unpaired) electrons. The van der Waals surface area contributed by atoms with Crippen LogP contribution in [0.1, 0.15) is 79.1 Å². The molecule has 0 amide bonds. The van der Waals surface area contributed by atoms with Gasteiger partial charge in [0.2, 0.25) is 0 Å². The Morgan fingerprint density at radius 1 is 0.950 bits per heavy atom. The van der Waals surface area contributed by atoms with Crippen molar-refractivity contribution in [1.82, 2.24) is 0 Å². The molecule has 0 heterocycles. The first kappa shape index (κ1) is 18.5. The molecular formula is C18H36OSn. The van der Waals surface area contributed by atoms with Crippen LogP contribution < -0.4 is 0 Å². The number of unbranched alkanes of at least 4 members (excludes halogenated alkanes) is 3. The van der Waals surface area contributed by atoms with Gasteiger partial charge in [-0.2, -0.15) is 0 Å². The molecular weight excluding hydrogens is 351 g/mol. The second kappa shape index (κ2) is 9.50. The molecule has 20 heavy (non-hydrogen) atoms. The normalized spacial score (nSPS) is 19.9. The van der Waals surface area contributed by atoms with Crippen LogP contribution in [0.2, 0.25) is 13.3 Å². The molecule has 1 aliphatic carbocycles. The van der Waals surface area contributed by atoms with Gasteiger partial charge in [0, 0.05) is 0 Å². The Morgan fingerprint density at radius 2 is 1.40 bits per heavy atom. The van der Waals surface area contributed by atoms with Crippen LogP contribution in [0.3, 0.4) is 0 Å². The molecule has 1 unspecified atom stereocenters. The van der Waals surface area contributed by atoms with E-state index in [0.29, 0.717) is 0 Å². The summed E-state index contributed by atoms with van der Waals surface area (Å²) < 4.78 is 6.15. The van der Waals surface area contributed by atoms with Gasteiger partial charge in [-0.1, -0.05) is 0 Å². The van der Waals surface area contributed by atoms with E-state index >= 15 is 0 Å². The van der Waals surface area contributed by atoms with Crippen LogP contribution >= 0.6 is 0 Å². The molecule has 0 bridgehead atoms. The number of aliphatic hydroxyl groups excluding tert-OH is 1. The van der Waals surface area contributed by atoms with Gasteiger partial charge in [0.15, 0.2) is 0 Å². The molecule has 0 aromatic rings. The van der Waals surface area contributed by atoms with Gasteiger partial charge in [-0.15, -0.1) is 0 Å². The van der Waals surface area contributed by atoms with Crippen molar-refractivity contribution in [1.29, 1.82) is 0 Å². The minimum absolute atomic E-state index is 0.0589. The summed E-state index contributed by atoms with van der Waals surface area (Å²) in [5.74, 6) is 0. The number of allylic oxidation sites excluding steroid dienone is 1. The van der Waals surface area contributed by atoms with Crippen molar-refractivity contribution in [3.05, 3.63) is 9.16 Å². The summed E-state index contributed by atoms with van der Waals surface area (Å²) in [6.45, 7) is 9.29. The third-order valence-electron chi connectivity index (χ3n) is 5.18. The monoisotopic (exact) mass is 388 g/mol. The molecule has 0 aromatic carbocycles. The third kappa shape index (κ3) is 4.76. The summed E-state index contributed by atoms with van der Waals surface area (Å²) in [5.41, 5.74) is 1.59. The topological polar surface area (TPSA) is 20.2 Å². The van der Waals surface area contributed by atoms with E-state index in [-0.39, 0.29) is 6.10 Å². The SMILES string of the molecule is CCC[CH2][Sn]([CH2]CCC)([CH2]CCC)[C]1=C(C)CCC1O. The van der Waals surface area contributed by atoms with Gasteiger partial charge >= 0.3 is 131 Å². The fourth-order valence-electron chi connectivity index (χ4n) is 4.05. The molecule has 1 rings (SSSR count). The van der Waals surface area contributed by atoms with E-state index in [1.807, 2.05) is 0 Å². The first-order valence-corrected chi connectivity index (χ1v) is 16.5. The first-order valence-electron chi connectivity index (χ1n) is 8.99. The van der Waals surface area contributed by atoms with E-state index < -0.39 is 18.4 Å². The van der Waals surface area contributed by atoms with Gasteiger partial charge in [0.1, 0.15) is 0 Å². The van der Waals surface area contributed by atoms with E-state index in [1.165, 1.54) is 58.3 Å². The van der Waals surface area contributed by atoms with Gasteiger partial charge in [0.25, 0.3) is 0 Å². The quantitative estimate of drug-likeness (QED) is 0.467. The fraction of sp³-hybridized carbons (Fsp3) is 0.889. The molecule has 0 saturated carbocycles.